The van der Waals surface area contributed by atoms with Crippen molar-refractivity contribution >= 4 is 115 Å². The maximum absolute atomic E-state index is 13.9. The molecule has 0 aliphatic carbocycles. The van der Waals surface area contributed by atoms with E-state index in [1.54, 1.807) is 166 Å². The van der Waals surface area contributed by atoms with E-state index in [9.17, 15) is 67.1 Å². The van der Waals surface area contributed by atoms with Crippen molar-refractivity contribution in [2.24, 2.45) is 0 Å². The number of carbonyl (C=O) groups is 14. The third-order valence-corrected chi connectivity index (χ3v) is 17.9. The Morgan fingerprint density at radius 2 is 0.341 bits per heavy atom. The SMILES string of the molecule is CC(C)(C)OC(=O)c1nnn(CCOCCOC(=O)c2nnn(CCOCCOC(=O)/C(Br)=C(\Br)C(=O)OCCOCCn3nnc(C(=O)OCCOCCn4nnc(C(=O)OC(C)(C)C)c4C(=O)OC(C)(C)C)c3C(=O)OCCOCCn3nnc(C(=O)OC(C)(C)C)c3C(=O)OC(C)(C)C)c2C(=O)OCCOCCn2nnc(C(=O)OC(C)(C)C)c2C(=O)OC(C)(C)C)c1C(=O)OC(C)(C)C. The summed E-state index contributed by atoms with van der Waals surface area (Å²) in [7, 11) is 0. The second kappa shape index (κ2) is 51.0. The van der Waals surface area contributed by atoms with Crippen molar-refractivity contribution in [3.63, 3.8) is 0 Å². The van der Waals surface area contributed by atoms with Crippen LogP contribution in [-0.4, -0.2) is 337 Å². The fourth-order valence-electron chi connectivity index (χ4n) is 10.7. The summed E-state index contributed by atoms with van der Waals surface area (Å²) in [5.41, 5.74) is -12.6. The summed E-state index contributed by atoms with van der Waals surface area (Å²) in [5, 5.41) is 47.0. The average molecular weight is 2090 g/mol. The van der Waals surface area contributed by atoms with Gasteiger partial charge in [-0.3, -0.25) is 0 Å². The average Bonchev–Trinajstić information content (AvgIpc) is 1.66. The molecule has 0 atom stereocenters. The predicted molar refractivity (Wildman–Crippen MR) is 474 cm³/mol. The number of rotatable bonds is 50. The van der Waals surface area contributed by atoms with Gasteiger partial charge in [-0.1, -0.05) is 31.3 Å². The molecule has 0 unspecified atom stereocenters. The molecule has 6 heterocycles. The van der Waals surface area contributed by atoms with Gasteiger partial charge in [0.2, 0.25) is 34.2 Å². The van der Waals surface area contributed by atoms with Gasteiger partial charge in [0.15, 0.2) is 34.2 Å². The number of halogens is 2. The zero-order chi connectivity index (χ0) is 103. The summed E-state index contributed by atoms with van der Waals surface area (Å²) in [4.78, 5) is 187. The summed E-state index contributed by atoms with van der Waals surface area (Å²) < 4.78 is 116. The van der Waals surface area contributed by atoms with Crippen molar-refractivity contribution in [1.82, 2.24) is 90.0 Å². The fourth-order valence-corrected chi connectivity index (χ4v) is 11.3. The Morgan fingerprint density at radius 1 is 0.196 bits per heavy atom. The number of hydrogen-bond donors (Lipinski definition) is 0. The van der Waals surface area contributed by atoms with Crippen LogP contribution in [0.25, 0.3) is 0 Å². The van der Waals surface area contributed by atoms with E-state index in [0.29, 0.717) is 0 Å². The lowest BCUT2D eigenvalue weighted by molar-refractivity contribution is -0.142. The fraction of sp³-hybridized carbons (Fsp3) is 0.667. The maximum atomic E-state index is 13.9. The first-order chi connectivity index (χ1) is 64.1. The molecule has 0 saturated heterocycles. The topological polar surface area (TPSA) is 608 Å². The predicted octanol–water partition coefficient (Wildman–Crippen LogP) is 6.19. The first-order valence-electron chi connectivity index (χ1n) is 43.2. The molecule has 0 fully saturated rings. The molecule has 0 aliphatic heterocycles. The Hall–Kier alpha value is -12.1. The first kappa shape index (κ1) is 115. The third-order valence-electron chi connectivity index (χ3n) is 15.9. The molecule has 6 aromatic rings. The van der Waals surface area contributed by atoms with E-state index in [1.165, 1.54) is 0 Å². The zero-order valence-electron chi connectivity index (χ0n) is 81.7. The smallest absolute Gasteiger partial charge is 0.362 e. The summed E-state index contributed by atoms with van der Waals surface area (Å²) in [5.74, 6) is -14.0. The summed E-state index contributed by atoms with van der Waals surface area (Å²) in [6, 6.07) is 0. The molecule has 0 N–H and O–H groups in total. The van der Waals surface area contributed by atoms with E-state index in [0.717, 1.165) is 28.1 Å². The van der Waals surface area contributed by atoms with Crippen LogP contribution in [0.1, 0.15) is 292 Å². The van der Waals surface area contributed by atoms with Crippen LogP contribution in [0.4, 0.5) is 0 Å². The van der Waals surface area contributed by atoms with Crippen molar-refractivity contribution in [2.45, 2.75) is 250 Å². The lowest BCUT2D eigenvalue weighted by Crippen LogP contribution is -2.29. The van der Waals surface area contributed by atoms with Crippen molar-refractivity contribution < 1.29 is 162 Å². The Bertz CT molecular complexity index is 4960. The van der Waals surface area contributed by atoms with Gasteiger partial charge >= 0.3 is 83.6 Å². The van der Waals surface area contributed by atoms with E-state index in [2.05, 4.69) is 93.7 Å². The molecule has 0 aromatic carbocycles. The molecule has 54 heteroatoms. The van der Waals surface area contributed by atoms with Crippen molar-refractivity contribution in [2.75, 3.05) is 119 Å². The molecule has 764 valence electrons. The van der Waals surface area contributed by atoms with Crippen molar-refractivity contribution in [3.8, 4) is 0 Å². The van der Waals surface area contributed by atoms with Gasteiger partial charge in [-0.25, -0.2) is 95.2 Å². The van der Waals surface area contributed by atoms with Crippen LogP contribution in [0.5, 0.6) is 0 Å². The highest BCUT2D eigenvalue weighted by Gasteiger charge is 2.40. The molecular formula is C84H120Br2N18O34. The second-order valence-electron chi connectivity index (χ2n) is 37.2. The molecule has 6 aromatic heterocycles. The lowest BCUT2D eigenvalue weighted by Gasteiger charge is -2.21. The van der Waals surface area contributed by atoms with Gasteiger partial charge in [0.1, 0.15) is 93.4 Å². The van der Waals surface area contributed by atoms with Gasteiger partial charge in [-0.15, -0.1) is 30.6 Å². The minimum absolute atomic E-state index is 0.137. The summed E-state index contributed by atoms with van der Waals surface area (Å²) >= 11 is 6.07. The van der Waals surface area contributed by atoms with Crippen LogP contribution in [0.15, 0.2) is 8.96 Å². The second-order valence-corrected chi connectivity index (χ2v) is 38.8. The van der Waals surface area contributed by atoms with Gasteiger partial charge in [0.05, 0.1) is 119 Å². The number of ether oxygens (including phenoxy) is 20. The van der Waals surface area contributed by atoms with E-state index in [1.807, 2.05) is 0 Å². The molecule has 0 amide bonds. The van der Waals surface area contributed by atoms with Crippen LogP contribution < -0.4 is 0 Å². The normalized spacial score (nSPS) is 12.4. The van der Waals surface area contributed by atoms with Crippen LogP contribution in [0, 0.1) is 0 Å². The molecule has 0 bridgehead atoms. The molecule has 52 nitrogen and oxygen atoms in total. The molecule has 0 saturated carbocycles. The maximum Gasteiger partial charge on any atom is 0.362 e. The number of carbonyl (C=O) groups excluding carboxylic acids is 14. The largest absolute Gasteiger partial charge is 0.459 e. The van der Waals surface area contributed by atoms with E-state index >= 15 is 0 Å². The lowest BCUT2D eigenvalue weighted by atomic mass is 10.2. The first-order valence-corrected chi connectivity index (χ1v) is 44.7. The highest BCUT2D eigenvalue weighted by Crippen LogP contribution is 2.27. The van der Waals surface area contributed by atoms with Gasteiger partial charge in [0.25, 0.3) is 0 Å². The molecule has 0 spiro atoms. The monoisotopic (exact) mass is 2080 g/mol. The summed E-state index contributed by atoms with van der Waals surface area (Å²) in [6.07, 6.45) is 0. The number of aromatic nitrogens is 18. The van der Waals surface area contributed by atoms with E-state index < -0.39 is 211 Å². The number of nitrogens with zero attached hydrogens (tertiary/aromatic N) is 18. The Balaban J connectivity index is 1.05. The molecule has 138 heavy (non-hydrogen) atoms. The van der Waals surface area contributed by atoms with Crippen molar-refractivity contribution in [1.29, 1.82) is 0 Å². The quantitative estimate of drug-likeness (QED) is 0.0178. The van der Waals surface area contributed by atoms with Gasteiger partial charge in [-0.05, 0) is 198 Å². The van der Waals surface area contributed by atoms with Gasteiger partial charge < -0.3 is 94.7 Å². The third kappa shape index (κ3) is 38.7. The number of hydrogen-bond acceptors (Lipinski definition) is 46. The Kier molecular flexibility index (Phi) is 42.3. The van der Waals surface area contributed by atoms with Crippen LogP contribution in [0.3, 0.4) is 0 Å². The standard InChI is InChI=1S/C84H120Br2N18O34/c1-77(2,3)131-67(109)53-59(73(115)135-81(13,14)15)101(95-89-53)27-33-121-39-45-127-65(107)51-57(71(113)129-47-41-123-35-29-103-61(75(117)137-83(19,20)21)55(91-97-103)69(111)133-79(7,8)9)99(93-87-51)25-31-119-37-43-125-63(105)49(85)50(86)64(106)126-44-38-120-32-26-100-58(72(114)130-48-42-124-36-30-104-62(76(118)138-84(22,23)24)56(92-98-104)70(112)134-80(10,11)12)52(88-94-100)66(108)128-46-40-122-34-28-102-60(74(116)136-82(16,17)18)54(90-96-102)68(110)132-78(4,5)6/h25-48H2,1-24H3/b50-49+. The molecule has 0 aliphatic rings. The van der Waals surface area contributed by atoms with Crippen LogP contribution in [-0.2, 0) is 144 Å². The molecular weight excluding hydrogens is 1960 g/mol. The van der Waals surface area contributed by atoms with E-state index in [-0.39, 0.29) is 153 Å². The van der Waals surface area contributed by atoms with Crippen LogP contribution in [0.2, 0.25) is 0 Å². The Morgan fingerprint density at radius 3 is 0.514 bits per heavy atom. The summed E-state index contributed by atoms with van der Waals surface area (Å²) in [6.45, 7) is 32.7. The minimum atomic E-state index is -1.15. The van der Waals surface area contributed by atoms with Crippen LogP contribution >= 0.6 is 31.9 Å². The van der Waals surface area contributed by atoms with E-state index in [4.69, 9.17) is 94.7 Å². The Labute approximate surface area is 809 Å². The zero-order valence-corrected chi connectivity index (χ0v) is 84.8. The van der Waals surface area contributed by atoms with Gasteiger partial charge in [0, 0.05) is 0 Å². The van der Waals surface area contributed by atoms with Crippen molar-refractivity contribution in [3.05, 3.63) is 77.3 Å². The minimum Gasteiger partial charge on any atom is -0.459 e. The highest BCUT2D eigenvalue weighted by molar-refractivity contribution is 9.14. The molecule has 0 radical (unpaired) electrons. The highest BCUT2D eigenvalue weighted by atomic mass is 79.9. The molecule has 6 rings (SSSR count). The van der Waals surface area contributed by atoms with Gasteiger partial charge in [-0.2, -0.15) is 0 Å². The number of esters is 14.